The maximum atomic E-state index is 11.7. The highest BCUT2D eigenvalue weighted by molar-refractivity contribution is 5.94. The number of fused-ring (bicyclic) bond motifs is 1. The molecule has 8 nitrogen and oxygen atoms in total. The molecule has 8 heteroatoms. The molecular weight excluding hydrogens is 490 g/mol. The first kappa shape index (κ1) is 27.3. The van der Waals surface area contributed by atoms with Crippen molar-refractivity contribution in [3.8, 4) is 5.82 Å². The summed E-state index contributed by atoms with van der Waals surface area (Å²) in [5.74, 6) is 2.46. The molecule has 3 aromatic rings. The van der Waals surface area contributed by atoms with Gasteiger partial charge >= 0.3 is 0 Å². The first-order valence-electron chi connectivity index (χ1n) is 14.2. The number of hydrogen-bond acceptors (Lipinski definition) is 6. The summed E-state index contributed by atoms with van der Waals surface area (Å²) in [5.41, 5.74) is 3.65. The fourth-order valence-corrected chi connectivity index (χ4v) is 5.99. The van der Waals surface area contributed by atoms with E-state index in [0.29, 0.717) is 25.2 Å². The molecule has 0 N–H and O–H groups in total. The Balaban J connectivity index is 1.25. The lowest BCUT2D eigenvalue weighted by atomic mass is 9.83. The normalized spacial score (nSPS) is 20.5. The second kappa shape index (κ2) is 12.7. The number of nitrogens with zero attached hydrogens (tertiary/aromatic N) is 5. The van der Waals surface area contributed by atoms with Gasteiger partial charge in [-0.2, -0.15) is 0 Å². The Morgan fingerprint density at radius 3 is 2.56 bits per heavy atom. The summed E-state index contributed by atoms with van der Waals surface area (Å²) < 4.78 is 13.2. The number of methoxy groups -OCH3 is 1. The van der Waals surface area contributed by atoms with Crippen LogP contribution in [0.3, 0.4) is 0 Å². The smallest absolute Gasteiger partial charge is 0.219 e. The summed E-state index contributed by atoms with van der Waals surface area (Å²) in [6, 6.07) is 10.6. The minimum atomic E-state index is 0.151. The van der Waals surface area contributed by atoms with E-state index in [1.807, 2.05) is 17.2 Å². The Morgan fingerprint density at radius 1 is 1.03 bits per heavy atom. The Bertz CT molecular complexity index is 1290. The summed E-state index contributed by atoms with van der Waals surface area (Å²) in [6.07, 6.45) is 12.2. The zero-order valence-corrected chi connectivity index (χ0v) is 23.5. The fourth-order valence-electron chi connectivity index (χ4n) is 5.99. The van der Waals surface area contributed by atoms with Crippen molar-refractivity contribution in [2.45, 2.75) is 52.1 Å². The van der Waals surface area contributed by atoms with Crippen molar-refractivity contribution in [3.63, 3.8) is 0 Å². The molecule has 39 heavy (non-hydrogen) atoms. The zero-order valence-electron chi connectivity index (χ0n) is 23.5. The predicted molar refractivity (Wildman–Crippen MR) is 155 cm³/mol. The maximum absolute atomic E-state index is 11.7. The van der Waals surface area contributed by atoms with Gasteiger partial charge < -0.3 is 23.8 Å². The second-order valence-corrected chi connectivity index (χ2v) is 10.9. The van der Waals surface area contributed by atoms with Gasteiger partial charge in [-0.1, -0.05) is 11.6 Å². The van der Waals surface area contributed by atoms with Crippen molar-refractivity contribution in [3.05, 3.63) is 54.1 Å². The van der Waals surface area contributed by atoms with E-state index < -0.39 is 0 Å². The lowest BCUT2D eigenvalue weighted by Crippen LogP contribution is -2.48. The van der Waals surface area contributed by atoms with E-state index in [2.05, 4.69) is 57.9 Å². The number of aromatic nitrogens is 3. The van der Waals surface area contributed by atoms with Gasteiger partial charge in [0.15, 0.2) is 5.82 Å². The van der Waals surface area contributed by atoms with Crippen LogP contribution in [-0.4, -0.2) is 77.9 Å². The Kier molecular flexibility index (Phi) is 8.94. The molecule has 1 aliphatic heterocycles. The van der Waals surface area contributed by atoms with Crippen molar-refractivity contribution in [2.24, 2.45) is 5.92 Å². The van der Waals surface area contributed by atoms with Gasteiger partial charge in [0.05, 0.1) is 24.8 Å². The Morgan fingerprint density at radius 2 is 1.82 bits per heavy atom. The van der Waals surface area contributed by atoms with E-state index in [4.69, 9.17) is 14.5 Å². The maximum Gasteiger partial charge on any atom is 0.219 e. The van der Waals surface area contributed by atoms with E-state index in [1.54, 1.807) is 14.0 Å². The second-order valence-electron chi connectivity index (χ2n) is 10.9. The molecule has 0 spiro atoms. The van der Waals surface area contributed by atoms with Crippen molar-refractivity contribution < 1.29 is 14.3 Å². The monoisotopic (exact) mass is 531 g/mol. The Labute approximate surface area is 231 Å². The average Bonchev–Trinajstić information content (AvgIpc) is 3.39. The lowest BCUT2D eigenvalue weighted by Gasteiger charge is -2.36. The van der Waals surface area contributed by atoms with Gasteiger partial charge in [0.2, 0.25) is 5.91 Å². The van der Waals surface area contributed by atoms with Gasteiger partial charge in [-0.05, 0) is 75.3 Å². The van der Waals surface area contributed by atoms with Crippen LogP contribution in [0.2, 0.25) is 0 Å². The van der Waals surface area contributed by atoms with E-state index >= 15 is 0 Å². The SMILES string of the molecule is COCCOC1CCC(C/C(C)=C\c2nccc(-n3ccc4c(N5CCN(C(C)=O)CC5)cccc43)n2)CC1. The topological polar surface area (TPSA) is 72.7 Å². The number of amides is 1. The predicted octanol–water partition coefficient (Wildman–Crippen LogP) is 5.10. The van der Waals surface area contributed by atoms with Gasteiger partial charge in [0.25, 0.3) is 0 Å². The van der Waals surface area contributed by atoms with E-state index in [9.17, 15) is 4.79 Å². The van der Waals surface area contributed by atoms with E-state index in [-0.39, 0.29) is 5.91 Å². The van der Waals surface area contributed by atoms with Gasteiger partial charge in [-0.3, -0.25) is 4.79 Å². The molecule has 1 amide bonds. The van der Waals surface area contributed by atoms with Crippen LogP contribution < -0.4 is 4.90 Å². The number of carbonyl (C=O) groups excluding carboxylic acids is 1. The lowest BCUT2D eigenvalue weighted by molar-refractivity contribution is -0.129. The third kappa shape index (κ3) is 6.68. The molecule has 1 saturated heterocycles. The molecule has 1 aliphatic carbocycles. The molecule has 5 rings (SSSR count). The minimum Gasteiger partial charge on any atom is -0.382 e. The molecule has 0 radical (unpaired) electrons. The quantitative estimate of drug-likeness (QED) is 0.358. The molecule has 0 unspecified atom stereocenters. The third-order valence-corrected chi connectivity index (χ3v) is 8.10. The van der Waals surface area contributed by atoms with Crippen LogP contribution in [0, 0.1) is 5.92 Å². The van der Waals surface area contributed by atoms with Crippen molar-refractivity contribution in [2.75, 3.05) is 51.4 Å². The molecule has 2 aliphatic rings. The van der Waals surface area contributed by atoms with E-state index in [0.717, 1.165) is 62.6 Å². The number of allylic oxidation sites excluding steroid dienone is 1. The molecule has 1 saturated carbocycles. The Hall–Kier alpha value is -3.23. The number of ether oxygens (including phenoxy) is 2. The van der Waals surface area contributed by atoms with Crippen molar-refractivity contribution >= 4 is 28.6 Å². The highest BCUT2D eigenvalue weighted by Gasteiger charge is 2.22. The molecule has 3 heterocycles. The number of hydrogen-bond donors (Lipinski definition) is 0. The summed E-state index contributed by atoms with van der Waals surface area (Å²) in [6.45, 7) is 8.40. The first-order chi connectivity index (χ1) is 19.0. The van der Waals surface area contributed by atoms with Crippen LogP contribution in [0.25, 0.3) is 22.8 Å². The number of carbonyl (C=O) groups is 1. The molecule has 1 aromatic carbocycles. The number of benzene rings is 1. The summed E-state index contributed by atoms with van der Waals surface area (Å²) in [4.78, 5) is 25.5. The number of rotatable bonds is 9. The van der Waals surface area contributed by atoms with Gasteiger partial charge in [-0.25, -0.2) is 9.97 Å². The highest BCUT2D eigenvalue weighted by atomic mass is 16.5. The molecular formula is C31H41N5O3. The van der Waals surface area contributed by atoms with Crippen LogP contribution in [-0.2, 0) is 14.3 Å². The van der Waals surface area contributed by atoms with Crippen LogP contribution in [0.5, 0.6) is 0 Å². The number of anilines is 1. The number of piperazine rings is 1. The first-order valence-corrected chi connectivity index (χ1v) is 14.2. The van der Waals surface area contributed by atoms with Crippen LogP contribution >= 0.6 is 0 Å². The minimum absolute atomic E-state index is 0.151. The van der Waals surface area contributed by atoms with Gasteiger partial charge in [0, 0.05) is 63.7 Å². The van der Waals surface area contributed by atoms with Crippen molar-refractivity contribution in [1.82, 2.24) is 19.4 Å². The van der Waals surface area contributed by atoms with Crippen molar-refractivity contribution in [1.29, 1.82) is 0 Å². The summed E-state index contributed by atoms with van der Waals surface area (Å²) in [5, 5.41) is 1.20. The molecule has 0 atom stereocenters. The van der Waals surface area contributed by atoms with Crippen LogP contribution in [0.15, 0.2) is 48.3 Å². The molecule has 0 bridgehead atoms. The standard InChI is InChI=1S/C31H41N5O3/c1-23(21-25-7-9-26(10-8-25)39-20-19-38-3)22-30-32-13-11-31(33-30)36-14-12-27-28(5-4-6-29(27)36)35-17-15-34(16-18-35)24(2)37/h4-6,11-14,22,25-26H,7-10,15-21H2,1-3H3/b23-22-. The van der Waals surface area contributed by atoms with Crippen LogP contribution in [0.1, 0.15) is 51.8 Å². The largest absolute Gasteiger partial charge is 0.382 e. The molecule has 2 fully saturated rings. The van der Waals surface area contributed by atoms with E-state index in [1.165, 1.54) is 29.5 Å². The highest BCUT2D eigenvalue weighted by Crippen LogP contribution is 2.32. The third-order valence-electron chi connectivity index (χ3n) is 8.10. The fraction of sp³-hybridized carbons (Fsp3) is 0.516. The van der Waals surface area contributed by atoms with Gasteiger partial charge in [-0.15, -0.1) is 0 Å². The molecule has 2 aromatic heterocycles. The average molecular weight is 532 g/mol. The zero-order chi connectivity index (χ0) is 27.2. The summed E-state index contributed by atoms with van der Waals surface area (Å²) >= 11 is 0. The van der Waals surface area contributed by atoms with Gasteiger partial charge in [0.1, 0.15) is 5.82 Å². The van der Waals surface area contributed by atoms with Crippen LogP contribution in [0.4, 0.5) is 5.69 Å². The molecule has 208 valence electrons. The summed E-state index contributed by atoms with van der Waals surface area (Å²) in [7, 11) is 1.72.